The first kappa shape index (κ1) is 17.7. The van der Waals surface area contributed by atoms with Crippen molar-refractivity contribution in [3.8, 4) is 5.75 Å². The van der Waals surface area contributed by atoms with Crippen LogP contribution in [0.15, 0.2) is 23.2 Å². The average molecular weight is 428 g/mol. The van der Waals surface area contributed by atoms with Gasteiger partial charge in [-0.3, -0.25) is 4.99 Å². The summed E-state index contributed by atoms with van der Waals surface area (Å²) in [4.78, 5) is 4.38. The molecule has 0 bridgehead atoms. The Kier molecular flexibility index (Phi) is 6.74. The molecule has 1 aromatic carbocycles. The molecule has 20 heavy (non-hydrogen) atoms. The van der Waals surface area contributed by atoms with E-state index in [1.807, 2.05) is 17.8 Å². The minimum atomic E-state index is 0. The molecule has 1 aliphatic carbocycles. The van der Waals surface area contributed by atoms with Gasteiger partial charge in [-0.2, -0.15) is 11.8 Å². The van der Waals surface area contributed by atoms with E-state index < -0.39 is 0 Å². The molecular formula is C13H19ClIN3OS. The van der Waals surface area contributed by atoms with Crippen molar-refractivity contribution in [3.05, 3.63) is 23.2 Å². The van der Waals surface area contributed by atoms with Gasteiger partial charge in [-0.05, 0) is 37.3 Å². The van der Waals surface area contributed by atoms with Crippen LogP contribution in [0, 0.1) is 0 Å². The van der Waals surface area contributed by atoms with Crippen LogP contribution in [0.4, 0.5) is 5.69 Å². The summed E-state index contributed by atoms with van der Waals surface area (Å²) < 4.78 is 5.42. The lowest BCUT2D eigenvalue weighted by molar-refractivity contribution is 0.415. The number of aliphatic imine (C=N–C) groups is 1. The highest BCUT2D eigenvalue weighted by atomic mass is 127. The predicted molar refractivity (Wildman–Crippen MR) is 99.0 cm³/mol. The molecule has 1 aromatic rings. The molecule has 0 aliphatic heterocycles. The first-order chi connectivity index (χ1) is 9.08. The maximum absolute atomic E-state index is 6.05. The fraction of sp³-hybridized carbons (Fsp3) is 0.462. The fourth-order valence-electron chi connectivity index (χ4n) is 1.73. The van der Waals surface area contributed by atoms with Gasteiger partial charge in [-0.1, -0.05) is 11.6 Å². The van der Waals surface area contributed by atoms with Gasteiger partial charge in [0, 0.05) is 10.4 Å². The summed E-state index contributed by atoms with van der Waals surface area (Å²) >= 11 is 7.91. The smallest absolute Gasteiger partial charge is 0.193 e. The molecule has 0 atom stereocenters. The van der Waals surface area contributed by atoms with E-state index >= 15 is 0 Å². The number of nitrogens with two attached hydrogens (primary N) is 1. The van der Waals surface area contributed by atoms with Crippen LogP contribution in [0.3, 0.4) is 0 Å². The maximum Gasteiger partial charge on any atom is 0.193 e. The molecule has 0 spiro atoms. The van der Waals surface area contributed by atoms with E-state index in [0.717, 1.165) is 12.2 Å². The lowest BCUT2D eigenvalue weighted by atomic mass is 10.3. The van der Waals surface area contributed by atoms with E-state index in [2.05, 4.69) is 16.6 Å². The minimum absolute atomic E-state index is 0. The Morgan fingerprint density at radius 2 is 2.25 bits per heavy atom. The largest absolute Gasteiger partial charge is 0.495 e. The predicted octanol–water partition coefficient (Wildman–Crippen LogP) is 3.59. The summed E-state index contributed by atoms with van der Waals surface area (Å²) in [6, 6.07) is 5.42. The quantitative estimate of drug-likeness (QED) is 0.428. The van der Waals surface area contributed by atoms with Crippen LogP contribution in [-0.4, -0.2) is 30.6 Å². The van der Waals surface area contributed by atoms with Crippen molar-refractivity contribution in [2.24, 2.45) is 10.7 Å². The van der Waals surface area contributed by atoms with Crippen molar-refractivity contribution in [1.82, 2.24) is 0 Å². The molecule has 0 aromatic heterocycles. The fourth-order valence-corrected chi connectivity index (χ4v) is 2.69. The standard InChI is InChI=1S/C13H18ClN3OS.HI/c1-18-11-4-3-9(7-10(11)14)17-12(15)16-8-13(19-2)5-6-13;/h3-4,7H,5-6,8H2,1-2H3,(H3,15,16,17);1H. The molecule has 3 N–H and O–H groups in total. The molecule has 1 aliphatic rings. The second kappa shape index (κ2) is 7.61. The van der Waals surface area contributed by atoms with E-state index in [4.69, 9.17) is 22.1 Å². The molecule has 112 valence electrons. The zero-order valence-corrected chi connectivity index (χ0v) is 15.4. The number of benzene rings is 1. The van der Waals surface area contributed by atoms with Crippen LogP contribution in [0.1, 0.15) is 12.8 Å². The van der Waals surface area contributed by atoms with E-state index in [1.54, 1.807) is 19.2 Å². The van der Waals surface area contributed by atoms with Crippen LogP contribution in [-0.2, 0) is 0 Å². The minimum Gasteiger partial charge on any atom is -0.495 e. The Labute approximate surface area is 145 Å². The number of rotatable bonds is 5. The monoisotopic (exact) mass is 427 g/mol. The van der Waals surface area contributed by atoms with Crippen LogP contribution in [0.5, 0.6) is 5.75 Å². The lowest BCUT2D eigenvalue weighted by Gasteiger charge is -2.11. The topological polar surface area (TPSA) is 59.6 Å². The Morgan fingerprint density at radius 1 is 1.55 bits per heavy atom. The second-order valence-corrected chi connectivity index (χ2v) is 6.24. The number of hydrogen-bond donors (Lipinski definition) is 2. The van der Waals surface area contributed by atoms with Gasteiger partial charge >= 0.3 is 0 Å². The molecule has 0 amide bonds. The zero-order chi connectivity index (χ0) is 13.9. The number of nitrogens with zero attached hydrogens (tertiary/aromatic N) is 1. The van der Waals surface area contributed by atoms with Crippen LogP contribution < -0.4 is 15.8 Å². The molecule has 4 nitrogen and oxygen atoms in total. The lowest BCUT2D eigenvalue weighted by Crippen LogP contribution is -2.24. The van der Waals surface area contributed by atoms with Gasteiger partial charge in [0.1, 0.15) is 5.75 Å². The number of nitrogens with one attached hydrogen (secondary N) is 1. The van der Waals surface area contributed by atoms with Gasteiger partial charge in [0.05, 0.1) is 18.7 Å². The summed E-state index contributed by atoms with van der Waals surface area (Å²) in [6.07, 6.45) is 4.56. The molecule has 0 unspecified atom stereocenters. The maximum atomic E-state index is 6.05. The highest BCUT2D eigenvalue weighted by Gasteiger charge is 2.41. The highest BCUT2D eigenvalue weighted by molar-refractivity contribution is 14.0. The first-order valence-corrected chi connectivity index (χ1v) is 7.64. The third-order valence-electron chi connectivity index (χ3n) is 3.20. The van der Waals surface area contributed by atoms with Crippen molar-refractivity contribution in [2.75, 3.05) is 25.2 Å². The summed E-state index contributed by atoms with van der Waals surface area (Å²) in [7, 11) is 1.58. The van der Waals surface area contributed by atoms with E-state index in [1.165, 1.54) is 12.8 Å². The number of halogens is 2. The summed E-state index contributed by atoms with van der Waals surface area (Å²) in [5.74, 6) is 1.06. The number of hydrogen-bond acceptors (Lipinski definition) is 3. The summed E-state index contributed by atoms with van der Waals surface area (Å²) in [5, 5.41) is 3.58. The van der Waals surface area contributed by atoms with E-state index in [-0.39, 0.29) is 24.0 Å². The SMILES string of the molecule is COc1ccc(NC(N)=NCC2(SC)CC2)cc1Cl.I. The molecule has 0 saturated heterocycles. The van der Waals surface area contributed by atoms with Gasteiger partial charge in [0.2, 0.25) is 0 Å². The normalized spacial score (nSPS) is 16.2. The zero-order valence-electron chi connectivity index (χ0n) is 11.5. The van der Waals surface area contributed by atoms with Gasteiger partial charge in [0.25, 0.3) is 0 Å². The van der Waals surface area contributed by atoms with Crippen molar-refractivity contribution < 1.29 is 4.74 Å². The third-order valence-corrected chi connectivity index (χ3v) is 4.90. The van der Waals surface area contributed by atoms with Gasteiger partial charge < -0.3 is 15.8 Å². The first-order valence-electron chi connectivity index (χ1n) is 6.04. The Balaban J connectivity index is 0.00000200. The number of anilines is 1. The van der Waals surface area contributed by atoms with Crippen LogP contribution >= 0.6 is 47.3 Å². The van der Waals surface area contributed by atoms with E-state index in [0.29, 0.717) is 21.5 Å². The number of methoxy groups -OCH3 is 1. The van der Waals surface area contributed by atoms with Crippen LogP contribution in [0.25, 0.3) is 0 Å². The molecule has 0 radical (unpaired) electrons. The van der Waals surface area contributed by atoms with Crippen molar-refractivity contribution >= 4 is 59.0 Å². The molecule has 1 fully saturated rings. The second-order valence-electron chi connectivity index (χ2n) is 4.56. The Morgan fingerprint density at radius 3 is 2.75 bits per heavy atom. The van der Waals surface area contributed by atoms with Crippen molar-refractivity contribution in [2.45, 2.75) is 17.6 Å². The summed E-state index contributed by atoms with van der Waals surface area (Å²) in [5.41, 5.74) is 6.68. The molecule has 0 heterocycles. The van der Waals surface area contributed by atoms with Gasteiger partial charge in [-0.15, -0.1) is 24.0 Å². The van der Waals surface area contributed by atoms with Gasteiger partial charge in [0.15, 0.2) is 5.96 Å². The average Bonchev–Trinajstić information content (AvgIpc) is 3.17. The summed E-state index contributed by atoms with van der Waals surface area (Å²) in [6.45, 7) is 0.761. The van der Waals surface area contributed by atoms with Crippen molar-refractivity contribution in [1.29, 1.82) is 0 Å². The van der Waals surface area contributed by atoms with Crippen LogP contribution in [0.2, 0.25) is 5.02 Å². The number of ether oxygens (including phenoxy) is 1. The molecular weight excluding hydrogens is 409 g/mol. The van der Waals surface area contributed by atoms with Crippen molar-refractivity contribution in [3.63, 3.8) is 0 Å². The van der Waals surface area contributed by atoms with Gasteiger partial charge in [-0.25, -0.2) is 0 Å². The Bertz CT molecular complexity index is 495. The van der Waals surface area contributed by atoms with E-state index in [9.17, 15) is 0 Å². The number of thioether (sulfide) groups is 1. The number of guanidine groups is 1. The highest BCUT2D eigenvalue weighted by Crippen LogP contribution is 2.47. The molecule has 1 saturated carbocycles. The molecule has 2 rings (SSSR count). The third kappa shape index (κ3) is 4.60. The molecule has 7 heteroatoms. The Hall–Kier alpha value is -0.340.